The smallest absolute Gasteiger partial charge is 0.336 e. The predicted molar refractivity (Wildman–Crippen MR) is 88.9 cm³/mol. The molecule has 3 rings (SSSR count). The largest absolute Gasteiger partial charge is 0.478 e. The highest BCUT2D eigenvalue weighted by Crippen LogP contribution is 2.58. The fourth-order valence-corrected chi connectivity index (χ4v) is 4.85. The number of ether oxygens (including phenoxy) is 1. The molecule has 0 aromatic heterocycles. The van der Waals surface area contributed by atoms with E-state index >= 15 is 0 Å². The summed E-state index contributed by atoms with van der Waals surface area (Å²) in [6, 6.07) is 2.45. The van der Waals surface area contributed by atoms with E-state index < -0.39 is 16.0 Å². The summed E-state index contributed by atoms with van der Waals surface area (Å²) in [6.45, 7) is 3.38. The molecule has 0 bridgehead atoms. The Morgan fingerprint density at radius 1 is 1.42 bits per heavy atom. The van der Waals surface area contributed by atoms with Crippen molar-refractivity contribution in [3.05, 3.63) is 28.3 Å². The number of carboxylic acid groups (broad SMARTS) is 1. The molecule has 1 aliphatic heterocycles. The Balaban J connectivity index is 1.73. The lowest BCUT2D eigenvalue weighted by Gasteiger charge is -2.23. The van der Waals surface area contributed by atoms with E-state index in [9.17, 15) is 18.3 Å². The Morgan fingerprint density at radius 2 is 2.08 bits per heavy atom. The third-order valence-corrected chi connectivity index (χ3v) is 7.02. The second-order valence-electron chi connectivity index (χ2n) is 6.61. The number of carboxylic acids is 1. The van der Waals surface area contributed by atoms with Crippen LogP contribution in [0.4, 0.5) is 0 Å². The van der Waals surface area contributed by atoms with Crippen molar-refractivity contribution >= 4 is 27.6 Å². The van der Waals surface area contributed by atoms with E-state index in [0.29, 0.717) is 18.0 Å². The maximum atomic E-state index is 12.5. The number of hydrogen-bond donors (Lipinski definition) is 2. The highest BCUT2D eigenvalue weighted by atomic mass is 35.5. The van der Waals surface area contributed by atoms with Crippen molar-refractivity contribution in [1.82, 2.24) is 4.72 Å². The van der Waals surface area contributed by atoms with Crippen LogP contribution >= 0.6 is 11.6 Å². The van der Waals surface area contributed by atoms with Crippen molar-refractivity contribution in [3.8, 4) is 0 Å². The van der Waals surface area contributed by atoms with E-state index in [4.69, 9.17) is 16.3 Å². The number of aromatic carboxylic acids is 1. The molecule has 1 spiro atoms. The molecule has 1 aliphatic carbocycles. The minimum absolute atomic E-state index is 0.102. The molecule has 1 aromatic carbocycles. The molecule has 1 heterocycles. The van der Waals surface area contributed by atoms with Gasteiger partial charge in [0.2, 0.25) is 10.0 Å². The third kappa shape index (κ3) is 3.31. The molecule has 24 heavy (non-hydrogen) atoms. The highest BCUT2D eigenvalue weighted by molar-refractivity contribution is 7.89. The topological polar surface area (TPSA) is 92.7 Å². The van der Waals surface area contributed by atoms with E-state index in [1.807, 2.05) is 0 Å². The lowest BCUT2D eigenvalue weighted by atomic mass is 9.94. The van der Waals surface area contributed by atoms with Crippen molar-refractivity contribution < 1.29 is 23.1 Å². The molecule has 1 saturated carbocycles. The van der Waals surface area contributed by atoms with Crippen molar-refractivity contribution in [2.45, 2.75) is 31.1 Å². The van der Waals surface area contributed by atoms with Crippen LogP contribution in [0, 0.1) is 18.3 Å². The zero-order valence-corrected chi connectivity index (χ0v) is 14.9. The molecule has 2 aliphatic rings. The average molecular weight is 374 g/mol. The standard InChI is InChI=1S/C16H20ClNO5S/c1-10-13(15(19)20)6-12(7-14(10)17)24(21,22)18-9-11-8-16(11)2-4-23-5-3-16/h6-7,11,18H,2-5,8-9H2,1H3,(H,19,20). The van der Waals surface area contributed by atoms with Crippen LogP contribution < -0.4 is 4.72 Å². The fourth-order valence-electron chi connectivity index (χ4n) is 3.44. The van der Waals surface area contributed by atoms with Crippen molar-refractivity contribution in [1.29, 1.82) is 0 Å². The summed E-state index contributed by atoms with van der Waals surface area (Å²) in [5, 5.41) is 9.32. The Labute approximate surface area is 146 Å². The lowest BCUT2D eigenvalue weighted by Crippen LogP contribution is -2.29. The van der Waals surface area contributed by atoms with Gasteiger partial charge in [-0.1, -0.05) is 11.6 Å². The van der Waals surface area contributed by atoms with Crippen LogP contribution in [0.5, 0.6) is 0 Å². The molecule has 2 N–H and O–H groups in total. The number of sulfonamides is 1. The molecule has 2 fully saturated rings. The summed E-state index contributed by atoms with van der Waals surface area (Å²) in [7, 11) is -3.79. The summed E-state index contributed by atoms with van der Waals surface area (Å²) in [5.74, 6) is -0.883. The van der Waals surface area contributed by atoms with Crippen LogP contribution in [0.15, 0.2) is 17.0 Å². The highest BCUT2D eigenvalue weighted by Gasteiger charge is 2.53. The van der Waals surface area contributed by atoms with Gasteiger partial charge in [0, 0.05) is 24.8 Å². The third-order valence-electron chi connectivity index (χ3n) is 5.23. The molecule has 1 unspecified atom stereocenters. The SMILES string of the molecule is Cc1c(Cl)cc(S(=O)(=O)NCC2CC23CCOCC3)cc1C(=O)O. The Morgan fingerprint density at radius 3 is 2.71 bits per heavy atom. The molecule has 6 nitrogen and oxygen atoms in total. The Kier molecular flexibility index (Phi) is 4.63. The van der Waals surface area contributed by atoms with E-state index in [-0.39, 0.29) is 20.9 Å². The zero-order valence-electron chi connectivity index (χ0n) is 13.3. The molecule has 8 heteroatoms. The maximum Gasteiger partial charge on any atom is 0.336 e. The van der Waals surface area contributed by atoms with Crippen LogP contribution in [0.25, 0.3) is 0 Å². The monoisotopic (exact) mass is 373 g/mol. The maximum absolute atomic E-state index is 12.5. The van der Waals surface area contributed by atoms with Gasteiger partial charge in [0.25, 0.3) is 0 Å². The molecule has 1 atom stereocenters. The van der Waals surface area contributed by atoms with Gasteiger partial charge >= 0.3 is 5.97 Å². The van der Waals surface area contributed by atoms with E-state index in [0.717, 1.165) is 38.5 Å². The summed E-state index contributed by atoms with van der Waals surface area (Å²) in [6.07, 6.45) is 2.95. The van der Waals surface area contributed by atoms with Gasteiger partial charge < -0.3 is 9.84 Å². The molecule has 132 valence electrons. The number of halogens is 1. The Bertz CT molecular complexity index is 771. The van der Waals surface area contributed by atoms with E-state index in [2.05, 4.69) is 4.72 Å². The van der Waals surface area contributed by atoms with E-state index in [1.165, 1.54) is 6.07 Å². The van der Waals surface area contributed by atoms with Crippen molar-refractivity contribution in [2.75, 3.05) is 19.8 Å². The number of benzene rings is 1. The van der Waals surface area contributed by atoms with Crippen LogP contribution in [-0.2, 0) is 14.8 Å². The zero-order chi connectivity index (χ0) is 17.5. The van der Waals surface area contributed by atoms with Crippen LogP contribution in [0.2, 0.25) is 5.02 Å². The average Bonchev–Trinajstić information content (AvgIpc) is 3.20. The second kappa shape index (κ2) is 6.29. The molecule has 0 amide bonds. The number of carbonyl (C=O) groups is 1. The van der Waals surface area contributed by atoms with Crippen molar-refractivity contribution in [3.63, 3.8) is 0 Å². The summed E-state index contributed by atoms with van der Waals surface area (Å²) >= 11 is 5.99. The van der Waals surface area contributed by atoms with E-state index in [1.54, 1.807) is 6.92 Å². The number of hydrogen-bond acceptors (Lipinski definition) is 4. The van der Waals surface area contributed by atoms with Gasteiger partial charge in [0.05, 0.1) is 10.5 Å². The van der Waals surface area contributed by atoms with Crippen LogP contribution in [0.3, 0.4) is 0 Å². The molecular formula is C16H20ClNO5S. The molecule has 1 aromatic rings. The number of nitrogens with one attached hydrogen (secondary N) is 1. The quantitative estimate of drug-likeness (QED) is 0.826. The van der Waals surface area contributed by atoms with Gasteiger partial charge in [-0.05, 0) is 55.2 Å². The lowest BCUT2D eigenvalue weighted by molar-refractivity contribution is 0.0523. The normalized spacial score (nSPS) is 22.5. The number of rotatable bonds is 5. The van der Waals surface area contributed by atoms with Gasteiger partial charge in [-0.15, -0.1) is 0 Å². The molecule has 0 radical (unpaired) electrons. The first-order valence-corrected chi connectivity index (χ1v) is 9.72. The minimum atomic E-state index is -3.79. The van der Waals surface area contributed by atoms with Gasteiger partial charge in [0.15, 0.2) is 0 Å². The summed E-state index contributed by atoms with van der Waals surface area (Å²) in [4.78, 5) is 11.1. The van der Waals surface area contributed by atoms with Crippen LogP contribution in [-0.4, -0.2) is 39.3 Å². The van der Waals surface area contributed by atoms with Gasteiger partial charge in [-0.2, -0.15) is 0 Å². The first kappa shape index (κ1) is 17.7. The summed E-state index contributed by atoms with van der Waals surface area (Å²) in [5.41, 5.74) is 0.472. The summed E-state index contributed by atoms with van der Waals surface area (Å²) < 4.78 is 32.9. The minimum Gasteiger partial charge on any atom is -0.478 e. The van der Waals surface area contributed by atoms with Gasteiger partial charge in [-0.25, -0.2) is 17.9 Å². The molecular weight excluding hydrogens is 354 g/mol. The van der Waals surface area contributed by atoms with Gasteiger partial charge in [0.1, 0.15) is 0 Å². The van der Waals surface area contributed by atoms with Crippen molar-refractivity contribution in [2.24, 2.45) is 11.3 Å². The van der Waals surface area contributed by atoms with Gasteiger partial charge in [-0.3, -0.25) is 0 Å². The van der Waals surface area contributed by atoms with Crippen LogP contribution in [0.1, 0.15) is 35.2 Å². The molecule has 1 saturated heterocycles. The predicted octanol–water partition coefficient (Wildman–Crippen LogP) is 2.44. The Hall–Kier alpha value is -1.15. The fraction of sp³-hybridized carbons (Fsp3) is 0.562. The first-order chi connectivity index (χ1) is 11.3. The second-order valence-corrected chi connectivity index (χ2v) is 8.78. The first-order valence-electron chi connectivity index (χ1n) is 7.86.